The Bertz CT molecular complexity index is 694. The largest absolute Gasteiger partial charge is 0.497 e. The first-order valence-electron chi connectivity index (χ1n) is 7.89. The lowest BCUT2D eigenvalue weighted by atomic mass is 10.1. The van der Waals surface area contributed by atoms with E-state index in [9.17, 15) is 9.90 Å². The Morgan fingerprint density at radius 3 is 2.72 bits per heavy atom. The van der Waals surface area contributed by atoms with E-state index in [0.29, 0.717) is 17.1 Å². The monoisotopic (exact) mass is 345 g/mol. The summed E-state index contributed by atoms with van der Waals surface area (Å²) in [5.41, 5.74) is 1.44. The number of pyridine rings is 1. The second kappa shape index (κ2) is 8.89. The van der Waals surface area contributed by atoms with Gasteiger partial charge in [0, 0.05) is 24.5 Å². The van der Waals surface area contributed by atoms with Crippen molar-refractivity contribution < 1.29 is 19.4 Å². The molecule has 0 spiro atoms. The zero-order chi connectivity index (χ0) is 18.2. The fraction of sp³-hybridized carbons (Fsp3) is 0.333. The molecule has 0 aliphatic rings. The maximum atomic E-state index is 12.0. The third kappa shape index (κ3) is 5.09. The van der Waals surface area contributed by atoms with Gasteiger partial charge in [0.25, 0.3) is 0 Å². The van der Waals surface area contributed by atoms with Gasteiger partial charge in [0.05, 0.1) is 20.3 Å². The average Bonchev–Trinajstić information content (AvgIpc) is 2.66. The zero-order valence-corrected chi connectivity index (χ0v) is 14.5. The number of hydrogen-bond donors (Lipinski definition) is 3. The number of amides is 2. The number of benzene rings is 1. The number of nitrogens with one attached hydrogen (secondary N) is 2. The molecule has 134 valence electrons. The Morgan fingerprint density at radius 2 is 2.08 bits per heavy atom. The van der Waals surface area contributed by atoms with Crippen molar-refractivity contribution >= 4 is 6.03 Å². The van der Waals surface area contributed by atoms with Crippen LogP contribution in [0.15, 0.2) is 42.7 Å². The van der Waals surface area contributed by atoms with Crippen LogP contribution in [0.3, 0.4) is 0 Å². The standard InChI is InChI=1S/C18H23N3O4/c1-12(13-5-4-8-19-10-13)21-18(23)20-11-16(22)15-9-14(24-2)6-7-17(15)25-3/h4-10,12,16,22H,11H2,1-3H3,(H2,20,21,23)/t12-,16-/m1/s1. The number of ether oxygens (including phenoxy) is 2. The van der Waals surface area contributed by atoms with Gasteiger partial charge in [-0.2, -0.15) is 0 Å². The summed E-state index contributed by atoms with van der Waals surface area (Å²) in [7, 11) is 3.07. The number of methoxy groups -OCH3 is 2. The average molecular weight is 345 g/mol. The Balaban J connectivity index is 1.93. The van der Waals surface area contributed by atoms with Crippen LogP contribution >= 0.6 is 0 Å². The van der Waals surface area contributed by atoms with E-state index in [4.69, 9.17) is 9.47 Å². The number of aliphatic hydroxyl groups is 1. The Hall–Kier alpha value is -2.80. The van der Waals surface area contributed by atoms with E-state index in [1.165, 1.54) is 7.11 Å². The van der Waals surface area contributed by atoms with E-state index in [2.05, 4.69) is 15.6 Å². The van der Waals surface area contributed by atoms with Gasteiger partial charge >= 0.3 is 6.03 Å². The molecule has 0 aliphatic carbocycles. The first-order chi connectivity index (χ1) is 12.0. The highest BCUT2D eigenvalue weighted by Crippen LogP contribution is 2.29. The van der Waals surface area contributed by atoms with Gasteiger partial charge in [0.15, 0.2) is 0 Å². The smallest absolute Gasteiger partial charge is 0.315 e. The minimum Gasteiger partial charge on any atom is -0.497 e. The van der Waals surface area contributed by atoms with Crippen LogP contribution in [-0.4, -0.2) is 36.9 Å². The number of carbonyl (C=O) groups is 1. The molecule has 0 unspecified atom stereocenters. The lowest BCUT2D eigenvalue weighted by molar-refractivity contribution is 0.168. The minimum atomic E-state index is -0.926. The molecule has 0 fully saturated rings. The number of rotatable bonds is 7. The second-order valence-electron chi connectivity index (χ2n) is 5.49. The van der Waals surface area contributed by atoms with Gasteiger partial charge in [-0.3, -0.25) is 4.98 Å². The predicted molar refractivity (Wildman–Crippen MR) is 93.7 cm³/mol. The molecule has 1 aromatic carbocycles. The molecule has 25 heavy (non-hydrogen) atoms. The van der Waals surface area contributed by atoms with Gasteiger partial charge in [0.1, 0.15) is 17.6 Å². The van der Waals surface area contributed by atoms with Gasteiger partial charge < -0.3 is 25.2 Å². The number of carbonyl (C=O) groups excluding carboxylic acids is 1. The molecule has 0 saturated heterocycles. The van der Waals surface area contributed by atoms with Crippen molar-refractivity contribution in [2.45, 2.75) is 19.1 Å². The van der Waals surface area contributed by atoms with Crippen LogP contribution < -0.4 is 20.1 Å². The molecule has 2 amide bonds. The highest BCUT2D eigenvalue weighted by atomic mass is 16.5. The summed E-state index contributed by atoms with van der Waals surface area (Å²) in [5, 5.41) is 15.8. The van der Waals surface area contributed by atoms with E-state index < -0.39 is 6.10 Å². The summed E-state index contributed by atoms with van der Waals surface area (Å²) in [5.74, 6) is 1.13. The third-order valence-electron chi connectivity index (χ3n) is 3.78. The summed E-state index contributed by atoms with van der Waals surface area (Å²) in [6.45, 7) is 1.90. The van der Waals surface area contributed by atoms with Crippen LogP contribution in [0.4, 0.5) is 4.79 Å². The van der Waals surface area contributed by atoms with Crippen molar-refractivity contribution in [3.8, 4) is 11.5 Å². The molecule has 3 N–H and O–H groups in total. The van der Waals surface area contributed by atoms with Gasteiger partial charge in [-0.05, 0) is 36.8 Å². The van der Waals surface area contributed by atoms with Crippen molar-refractivity contribution in [2.24, 2.45) is 0 Å². The molecule has 1 aromatic heterocycles. The third-order valence-corrected chi connectivity index (χ3v) is 3.78. The SMILES string of the molecule is COc1ccc(OC)c([C@H](O)CNC(=O)N[C@H](C)c2cccnc2)c1. The van der Waals surface area contributed by atoms with E-state index in [1.807, 2.05) is 19.1 Å². The summed E-state index contributed by atoms with van der Waals surface area (Å²) < 4.78 is 10.4. The topological polar surface area (TPSA) is 92.7 Å². The molecule has 1 heterocycles. The first-order valence-corrected chi connectivity index (χ1v) is 7.89. The van der Waals surface area contributed by atoms with Crippen molar-refractivity contribution in [3.63, 3.8) is 0 Å². The molecule has 0 bridgehead atoms. The molecule has 0 saturated carbocycles. The Labute approximate surface area is 147 Å². The Morgan fingerprint density at radius 1 is 1.28 bits per heavy atom. The molecular formula is C18H23N3O4. The molecule has 7 heteroatoms. The number of aliphatic hydroxyl groups excluding tert-OH is 1. The van der Waals surface area contributed by atoms with Gasteiger partial charge in [-0.25, -0.2) is 4.79 Å². The van der Waals surface area contributed by atoms with E-state index in [1.54, 1.807) is 37.7 Å². The normalized spacial score (nSPS) is 12.8. The summed E-state index contributed by atoms with van der Waals surface area (Å²) in [6, 6.07) is 8.25. The highest BCUT2D eigenvalue weighted by Gasteiger charge is 2.16. The summed E-state index contributed by atoms with van der Waals surface area (Å²) in [4.78, 5) is 16.1. The van der Waals surface area contributed by atoms with Gasteiger partial charge in [-0.1, -0.05) is 6.07 Å². The van der Waals surface area contributed by atoms with Crippen LogP contribution in [0.2, 0.25) is 0 Å². The molecule has 7 nitrogen and oxygen atoms in total. The maximum Gasteiger partial charge on any atom is 0.315 e. The van der Waals surface area contributed by atoms with Crippen molar-refractivity contribution in [2.75, 3.05) is 20.8 Å². The van der Waals surface area contributed by atoms with Crippen molar-refractivity contribution in [3.05, 3.63) is 53.9 Å². The number of nitrogens with zero attached hydrogens (tertiary/aromatic N) is 1. The van der Waals surface area contributed by atoms with Crippen LogP contribution in [0.5, 0.6) is 11.5 Å². The number of aromatic nitrogens is 1. The molecular weight excluding hydrogens is 322 g/mol. The lowest BCUT2D eigenvalue weighted by Crippen LogP contribution is -2.39. The second-order valence-corrected chi connectivity index (χ2v) is 5.49. The van der Waals surface area contributed by atoms with E-state index >= 15 is 0 Å². The summed E-state index contributed by atoms with van der Waals surface area (Å²) >= 11 is 0. The molecule has 2 atom stereocenters. The molecule has 2 aromatic rings. The molecule has 2 rings (SSSR count). The minimum absolute atomic E-state index is 0.0368. The van der Waals surface area contributed by atoms with Crippen LogP contribution in [0.25, 0.3) is 0 Å². The fourth-order valence-electron chi connectivity index (χ4n) is 2.36. The first kappa shape index (κ1) is 18.5. The number of urea groups is 1. The van der Waals surface area contributed by atoms with Crippen LogP contribution in [0.1, 0.15) is 30.2 Å². The maximum absolute atomic E-state index is 12.0. The van der Waals surface area contributed by atoms with E-state index in [-0.39, 0.29) is 18.6 Å². The van der Waals surface area contributed by atoms with E-state index in [0.717, 1.165) is 5.56 Å². The van der Waals surface area contributed by atoms with Crippen molar-refractivity contribution in [1.29, 1.82) is 0 Å². The van der Waals surface area contributed by atoms with Crippen molar-refractivity contribution in [1.82, 2.24) is 15.6 Å². The number of hydrogen-bond acceptors (Lipinski definition) is 5. The molecule has 0 radical (unpaired) electrons. The van der Waals surface area contributed by atoms with Gasteiger partial charge in [-0.15, -0.1) is 0 Å². The van der Waals surface area contributed by atoms with Crippen LogP contribution in [-0.2, 0) is 0 Å². The quantitative estimate of drug-likeness (QED) is 0.715. The zero-order valence-electron chi connectivity index (χ0n) is 14.5. The fourth-order valence-corrected chi connectivity index (χ4v) is 2.36. The van der Waals surface area contributed by atoms with Gasteiger partial charge in [0.2, 0.25) is 0 Å². The predicted octanol–water partition coefficient (Wildman–Crippen LogP) is 2.19. The highest BCUT2D eigenvalue weighted by molar-refractivity contribution is 5.74. The Kier molecular flexibility index (Phi) is 6.59. The molecule has 0 aliphatic heterocycles. The summed E-state index contributed by atoms with van der Waals surface area (Å²) in [6.07, 6.45) is 2.44. The van der Waals surface area contributed by atoms with Crippen LogP contribution in [0, 0.1) is 0 Å². The lowest BCUT2D eigenvalue weighted by Gasteiger charge is -2.18.